The Morgan fingerprint density at radius 3 is 2.33 bits per heavy atom. The summed E-state index contributed by atoms with van der Waals surface area (Å²) in [6, 6.07) is 5.21. The van der Waals surface area contributed by atoms with E-state index in [9.17, 15) is 22.4 Å². The molecule has 4 rings (SSSR count). The number of anilines is 3. The fraction of sp³-hybridized carbons (Fsp3) is 0.379. The number of ether oxygens (including phenoxy) is 1. The Morgan fingerprint density at radius 2 is 1.79 bits per heavy atom. The number of nitrogens with one attached hydrogen (secondary N) is 1. The van der Waals surface area contributed by atoms with Crippen molar-refractivity contribution in [2.24, 2.45) is 0 Å². The van der Waals surface area contributed by atoms with Crippen molar-refractivity contribution in [2.45, 2.75) is 33.0 Å². The SMILES string of the molecule is CCOCC.C[C@H]1CN(c2cc(F)c(-c3ccc(N)nc3)c(F)c2NC(=O)c2ccc(F)cc2C(F)(F)F)CCN1C. The van der Waals surface area contributed by atoms with Gasteiger partial charge < -0.3 is 25.6 Å². The van der Waals surface area contributed by atoms with E-state index in [1.54, 1.807) is 4.90 Å². The van der Waals surface area contributed by atoms with Gasteiger partial charge in [0.1, 0.15) is 23.1 Å². The number of carbonyl (C=O) groups is 1. The number of piperazine rings is 1. The molecule has 0 bridgehead atoms. The number of nitrogens with two attached hydrogens (primary N) is 1. The van der Waals surface area contributed by atoms with Gasteiger partial charge in [-0.3, -0.25) is 4.79 Å². The Morgan fingerprint density at radius 1 is 1.10 bits per heavy atom. The Labute approximate surface area is 240 Å². The number of aromatic nitrogens is 1. The van der Waals surface area contributed by atoms with Crippen molar-refractivity contribution in [2.75, 3.05) is 55.8 Å². The predicted molar refractivity (Wildman–Crippen MR) is 150 cm³/mol. The van der Waals surface area contributed by atoms with E-state index in [0.717, 1.165) is 25.5 Å². The number of likely N-dealkylation sites (N-methyl/N-ethyl adjacent to an activating group) is 1. The lowest BCUT2D eigenvalue weighted by Crippen LogP contribution is -2.50. The van der Waals surface area contributed by atoms with Crippen molar-refractivity contribution < 1.29 is 35.9 Å². The van der Waals surface area contributed by atoms with Gasteiger partial charge in [0.25, 0.3) is 5.91 Å². The number of alkyl halides is 3. The fourth-order valence-electron chi connectivity index (χ4n) is 4.39. The van der Waals surface area contributed by atoms with Gasteiger partial charge in [-0.1, -0.05) is 0 Å². The maximum atomic E-state index is 16.0. The van der Waals surface area contributed by atoms with E-state index >= 15 is 8.78 Å². The van der Waals surface area contributed by atoms with Crippen molar-refractivity contribution in [3.05, 3.63) is 71.2 Å². The van der Waals surface area contributed by atoms with Crippen molar-refractivity contribution in [1.29, 1.82) is 0 Å². The van der Waals surface area contributed by atoms with Crippen LogP contribution in [0.4, 0.5) is 43.5 Å². The molecule has 1 saturated heterocycles. The molecule has 3 aromatic rings. The molecule has 1 amide bonds. The summed E-state index contributed by atoms with van der Waals surface area (Å²) in [6.45, 7) is 8.79. The molecule has 1 fully saturated rings. The van der Waals surface area contributed by atoms with Gasteiger partial charge in [-0.15, -0.1) is 0 Å². The van der Waals surface area contributed by atoms with E-state index in [4.69, 9.17) is 10.5 Å². The van der Waals surface area contributed by atoms with Gasteiger partial charge in [-0.05, 0) is 58.2 Å². The summed E-state index contributed by atoms with van der Waals surface area (Å²) in [6.07, 6.45) is -3.91. The number of pyridine rings is 1. The lowest BCUT2D eigenvalue weighted by atomic mass is 10.0. The van der Waals surface area contributed by atoms with Crippen LogP contribution in [0.5, 0.6) is 0 Å². The zero-order valence-corrected chi connectivity index (χ0v) is 23.7. The third-order valence-electron chi connectivity index (χ3n) is 6.75. The first-order valence-corrected chi connectivity index (χ1v) is 13.2. The normalized spacial score (nSPS) is 15.7. The van der Waals surface area contributed by atoms with Crippen molar-refractivity contribution in [3.8, 4) is 11.1 Å². The summed E-state index contributed by atoms with van der Waals surface area (Å²) in [5.41, 5.74) is 2.06. The average molecular weight is 598 g/mol. The number of hydrogen-bond acceptors (Lipinski definition) is 6. The molecule has 2 aromatic carbocycles. The number of halogens is 6. The van der Waals surface area contributed by atoms with Crippen molar-refractivity contribution in [1.82, 2.24) is 9.88 Å². The number of amides is 1. The van der Waals surface area contributed by atoms with E-state index in [-0.39, 0.29) is 29.2 Å². The molecule has 7 nitrogen and oxygen atoms in total. The first-order valence-electron chi connectivity index (χ1n) is 13.2. The highest BCUT2D eigenvalue weighted by atomic mass is 19.4. The third kappa shape index (κ3) is 7.71. The Kier molecular flexibility index (Phi) is 10.8. The lowest BCUT2D eigenvalue weighted by molar-refractivity contribution is -0.138. The minimum absolute atomic E-state index is 0.00996. The Bertz CT molecular complexity index is 1380. The van der Waals surface area contributed by atoms with Crippen LogP contribution >= 0.6 is 0 Å². The van der Waals surface area contributed by atoms with Gasteiger partial charge in [0.15, 0.2) is 5.82 Å². The number of benzene rings is 2. The van der Waals surface area contributed by atoms with Gasteiger partial charge in [0.2, 0.25) is 0 Å². The first-order chi connectivity index (χ1) is 19.8. The molecule has 3 N–H and O–H groups in total. The smallest absolute Gasteiger partial charge is 0.384 e. The van der Waals surface area contributed by atoms with Crippen LogP contribution in [-0.4, -0.2) is 61.7 Å². The highest BCUT2D eigenvalue weighted by molar-refractivity contribution is 6.07. The van der Waals surface area contributed by atoms with Gasteiger partial charge >= 0.3 is 6.18 Å². The van der Waals surface area contributed by atoms with Crippen LogP contribution in [-0.2, 0) is 10.9 Å². The van der Waals surface area contributed by atoms with E-state index in [1.165, 1.54) is 12.1 Å². The van der Waals surface area contributed by atoms with Crippen molar-refractivity contribution in [3.63, 3.8) is 0 Å². The number of hydrogen-bond donors (Lipinski definition) is 2. The number of rotatable bonds is 6. The third-order valence-corrected chi connectivity index (χ3v) is 6.75. The van der Waals surface area contributed by atoms with E-state index in [0.29, 0.717) is 31.8 Å². The van der Waals surface area contributed by atoms with Crippen LogP contribution in [0.2, 0.25) is 0 Å². The molecule has 13 heteroatoms. The second-order valence-corrected chi connectivity index (χ2v) is 9.61. The molecule has 1 atom stereocenters. The molecule has 42 heavy (non-hydrogen) atoms. The second kappa shape index (κ2) is 13.9. The summed E-state index contributed by atoms with van der Waals surface area (Å²) in [4.78, 5) is 20.5. The van der Waals surface area contributed by atoms with Crippen LogP contribution < -0.4 is 16.0 Å². The number of nitrogen functional groups attached to an aromatic ring is 1. The molecule has 2 heterocycles. The summed E-state index contributed by atoms with van der Waals surface area (Å²) in [5, 5.41) is 2.20. The first kappa shape index (κ1) is 32.7. The van der Waals surface area contributed by atoms with Gasteiger partial charge in [0.05, 0.1) is 22.4 Å². The molecular weight excluding hydrogens is 564 g/mol. The fourth-order valence-corrected chi connectivity index (χ4v) is 4.39. The Hall–Kier alpha value is -3.84. The van der Waals surface area contributed by atoms with E-state index in [2.05, 4.69) is 10.3 Å². The molecular formula is C29H33F6N5O2. The van der Waals surface area contributed by atoms with Crippen molar-refractivity contribution >= 4 is 23.1 Å². The molecule has 0 radical (unpaired) electrons. The summed E-state index contributed by atoms with van der Waals surface area (Å²) >= 11 is 0. The number of carbonyl (C=O) groups excluding carboxylic acids is 1. The molecule has 1 aliphatic heterocycles. The zero-order chi connectivity index (χ0) is 31.2. The topological polar surface area (TPSA) is 83.7 Å². The highest BCUT2D eigenvalue weighted by Crippen LogP contribution is 2.40. The van der Waals surface area contributed by atoms with Gasteiger partial charge in [0, 0.05) is 56.7 Å². The molecule has 1 aliphatic rings. The van der Waals surface area contributed by atoms with Gasteiger partial charge in [-0.2, -0.15) is 13.2 Å². The summed E-state index contributed by atoms with van der Waals surface area (Å²) in [5.74, 6) is -4.57. The summed E-state index contributed by atoms with van der Waals surface area (Å²) in [7, 11) is 1.89. The van der Waals surface area contributed by atoms with Crippen LogP contribution in [0.25, 0.3) is 11.1 Å². The van der Waals surface area contributed by atoms with Crippen LogP contribution in [0, 0.1) is 17.5 Å². The predicted octanol–water partition coefficient (Wildman–Crippen LogP) is 6.20. The standard InChI is InChI=1S/C25H23F6N5O.C4H10O/c1-13-12-36(8-7-35(13)2)19-10-18(27)21(14-3-6-20(32)33-11-14)22(28)23(19)34-24(37)16-5-4-15(26)9-17(16)25(29,30)31;1-3-5-4-2/h3-6,9-11,13H,7-8,12H2,1-2H3,(H2,32,33)(H,34,37);3-4H2,1-2H3/t13-;/m0./s1. The molecule has 228 valence electrons. The maximum Gasteiger partial charge on any atom is 0.417 e. The monoisotopic (exact) mass is 597 g/mol. The molecule has 0 saturated carbocycles. The quantitative estimate of drug-likeness (QED) is 0.329. The Balaban J connectivity index is 0.000000892. The summed E-state index contributed by atoms with van der Waals surface area (Å²) < 4.78 is 90.2. The van der Waals surface area contributed by atoms with E-state index in [1.807, 2.05) is 32.7 Å². The highest BCUT2D eigenvalue weighted by Gasteiger charge is 2.36. The van der Waals surface area contributed by atoms with E-state index < -0.39 is 51.9 Å². The second-order valence-electron chi connectivity index (χ2n) is 9.61. The maximum absolute atomic E-state index is 16.0. The lowest BCUT2D eigenvalue weighted by Gasteiger charge is -2.39. The largest absolute Gasteiger partial charge is 0.417 e. The molecule has 0 aliphatic carbocycles. The van der Waals surface area contributed by atoms with Gasteiger partial charge in [-0.25, -0.2) is 18.2 Å². The van der Waals surface area contributed by atoms with Crippen LogP contribution in [0.15, 0.2) is 42.6 Å². The molecule has 1 aromatic heterocycles. The molecule has 0 unspecified atom stereocenters. The van der Waals surface area contributed by atoms with Crippen LogP contribution in [0.3, 0.4) is 0 Å². The number of nitrogens with zero attached hydrogens (tertiary/aromatic N) is 3. The molecule has 0 spiro atoms. The zero-order valence-electron chi connectivity index (χ0n) is 23.7. The minimum Gasteiger partial charge on any atom is -0.384 e. The van der Waals surface area contributed by atoms with Crippen LogP contribution in [0.1, 0.15) is 36.7 Å². The minimum atomic E-state index is -5.05. The average Bonchev–Trinajstić information content (AvgIpc) is 2.93.